The molecule has 0 unspecified atom stereocenters. The Kier molecular flexibility index (Phi) is 6.82. The van der Waals surface area contributed by atoms with Crippen LogP contribution in [0.15, 0.2) is 35.8 Å². The Morgan fingerprint density at radius 3 is 2.66 bits per heavy atom. The van der Waals surface area contributed by atoms with Crippen LogP contribution in [0.1, 0.15) is 43.2 Å². The quantitative estimate of drug-likeness (QED) is 0.720. The van der Waals surface area contributed by atoms with Gasteiger partial charge < -0.3 is 9.64 Å². The zero-order valence-corrected chi connectivity index (χ0v) is 18.1. The van der Waals surface area contributed by atoms with E-state index in [1.54, 1.807) is 17.5 Å². The highest BCUT2D eigenvalue weighted by Gasteiger charge is 2.30. The maximum absolute atomic E-state index is 12.6. The van der Waals surface area contributed by atoms with E-state index in [0.717, 1.165) is 63.5 Å². The molecular weight excluding hydrogens is 382 g/mol. The molecule has 2 aliphatic heterocycles. The van der Waals surface area contributed by atoms with Gasteiger partial charge in [-0.15, -0.1) is 0 Å². The smallest absolute Gasteiger partial charge is 0.273 e. The second-order valence-corrected chi connectivity index (χ2v) is 9.11. The minimum absolute atomic E-state index is 0.292. The Labute approximate surface area is 177 Å². The Morgan fingerprint density at radius 2 is 1.97 bits per heavy atom. The van der Waals surface area contributed by atoms with Crippen LogP contribution in [0.5, 0.6) is 5.19 Å². The maximum atomic E-state index is 12.6. The molecule has 3 heterocycles. The van der Waals surface area contributed by atoms with Crippen molar-refractivity contribution in [1.82, 2.24) is 14.8 Å². The van der Waals surface area contributed by atoms with Crippen LogP contribution < -0.4 is 4.74 Å². The van der Waals surface area contributed by atoms with Crippen molar-refractivity contribution in [2.45, 2.75) is 57.6 Å². The van der Waals surface area contributed by atoms with E-state index >= 15 is 0 Å². The molecule has 156 valence electrons. The lowest BCUT2D eigenvalue weighted by Gasteiger charge is -2.41. The largest absolute Gasteiger partial charge is 0.467 e. The first-order chi connectivity index (χ1) is 14.2. The molecule has 1 aromatic heterocycles. The molecule has 1 amide bonds. The first kappa shape index (κ1) is 20.4. The molecule has 2 saturated heterocycles. The zero-order valence-electron chi connectivity index (χ0n) is 17.3. The van der Waals surface area contributed by atoms with Crippen molar-refractivity contribution in [3.63, 3.8) is 0 Å². The molecule has 5 nitrogen and oxygen atoms in total. The minimum atomic E-state index is 0.292. The van der Waals surface area contributed by atoms with Crippen LogP contribution >= 0.6 is 11.3 Å². The highest BCUT2D eigenvalue weighted by Crippen LogP contribution is 2.25. The molecule has 0 N–H and O–H groups in total. The fourth-order valence-corrected chi connectivity index (χ4v) is 5.08. The van der Waals surface area contributed by atoms with Gasteiger partial charge in [0.1, 0.15) is 6.10 Å². The summed E-state index contributed by atoms with van der Waals surface area (Å²) < 4.78 is 5.98. The second-order valence-electron chi connectivity index (χ2n) is 8.25. The lowest BCUT2D eigenvalue weighted by molar-refractivity contribution is -0.132. The number of ether oxygens (including phenoxy) is 1. The molecule has 0 atom stereocenters. The highest BCUT2D eigenvalue weighted by molar-refractivity contribution is 7.11. The number of carbonyl (C=O) groups is 1. The van der Waals surface area contributed by atoms with Crippen molar-refractivity contribution >= 4 is 17.2 Å². The van der Waals surface area contributed by atoms with Crippen LogP contribution in [-0.4, -0.2) is 59.0 Å². The topological polar surface area (TPSA) is 45.7 Å². The van der Waals surface area contributed by atoms with Crippen molar-refractivity contribution in [3.05, 3.63) is 47.0 Å². The number of hydrogen-bond donors (Lipinski definition) is 0. The first-order valence-corrected chi connectivity index (χ1v) is 11.7. The number of aromatic nitrogens is 1. The number of piperidine rings is 2. The standard InChI is InChI=1S/C23H31N3O2S/c1-18-3-2-4-19(17-18)5-6-22(27)26-12-7-20(8-13-26)25-14-9-21(10-15-25)28-23-24-11-16-29-23/h2-4,11,16-17,20-21H,5-10,12-15H2,1H3. The molecular formula is C23H31N3O2S. The minimum Gasteiger partial charge on any atom is -0.467 e. The van der Waals surface area contributed by atoms with Gasteiger partial charge in [-0.1, -0.05) is 41.2 Å². The fourth-order valence-electron chi connectivity index (χ4n) is 4.53. The second kappa shape index (κ2) is 9.72. The van der Waals surface area contributed by atoms with Gasteiger partial charge in [0, 0.05) is 50.2 Å². The number of aryl methyl sites for hydroxylation is 2. The van der Waals surface area contributed by atoms with Crippen molar-refractivity contribution in [1.29, 1.82) is 0 Å². The van der Waals surface area contributed by atoms with Gasteiger partial charge in [0.15, 0.2) is 0 Å². The molecule has 2 aliphatic rings. The zero-order chi connectivity index (χ0) is 20.1. The Hall–Kier alpha value is -1.92. The van der Waals surface area contributed by atoms with Crippen LogP contribution in [0.25, 0.3) is 0 Å². The number of thiazole rings is 1. The van der Waals surface area contributed by atoms with Crippen LogP contribution in [-0.2, 0) is 11.2 Å². The van der Waals surface area contributed by atoms with Crippen LogP contribution in [0.4, 0.5) is 0 Å². The van der Waals surface area contributed by atoms with Crippen molar-refractivity contribution in [2.24, 2.45) is 0 Å². The van der Waals surface area contributed by atoms with Crippen LogP contribution in [0, 0.1) is 6.92 Å². The van der Waals surface area contributed by atoms with Gasteiger partial charge in [-0.05, 0) is 44.6 Å². The van der Waals surface area contributed by atoms with Gasteiger partial charge >= 0.3 is 0 Å². The third-order valence-electron chi connectivity index (χ3n) is 6.20. The van der Waals surface area contributed by atoms with E-state index in [4.69, 9.17) is 4.74 Å². The molecule has 6 heteroatoms. The Morgan fingerprint density at radius 1 is 1.17 bits per heavy atom. The summed E-state index contributed by atoms with van der Waals surface area (Å²) in [5.41, 5.74) is 2.52. The van der Waals surface area contributed by atoms with E-state index in [9.17, 15) is 4.79 Å². The predicted octanol–water partition coefficient (Wildman–Crippen LogP) is 3.92. The number of carbonyl (C=O) groups excluding carboxylic acids is 1. The van der Waals surface area contributed by atoms with Gasteiger partial charge in [-0.2, -0.15) is 0 Å². The monoisotopic (exact) mass is 413 g/mol. The molecule has 0 spiro atoms. The third kappa shape index (κ3) is 5.58. The van der Waals surface area contributed by atoms with Crippen molar-refractivity contribution in [2.75, 3.05) is 26.2 Å². The number of likely N-dealkylation sites (tertiary alicyclic amines) is 2. The van der Waals surface area contributed by atoms with Gasteiger partial charge in [0.2, 0.25) is 5.91 Å². The van der Waals surface area contributed by atoms with Crippen LogP contribution in [0.3, 0.4) is 0 Å². The summed E-state index contributed by atoms with van der Waals surface area (Å²) in [7, 11) is 0. The average Bonchev–Trinajstić information content (AvgIpc) is 3.26. The summed E-state index contributed by atoms with van der Waals surface area (Å²) in [4.78, 5) is 21.5. The van der Waals surface area contributed by atoms with Gasteiger partial charge in [-0.25, -0.2) is 4.98 Å². The van der Waals surface area contributed by atoms with E-state index < -0.39 is 0 Å². The normalized spacial score (nSPS) is 19.4. The molecule has 4 rings (SSSR count). The van der Waals surface area contributed by atoms with Crippen LogP contribution in [0.2, 0.25) is 0 Å². The highest BCUT2D eigenvalue weighted by atomic mass is 32.1. The molecule has 0 radical (unpaired) electrons. The number of nitrogens with zero attached hydrogens (tertiary/aromatic N) is 3. The average molecular weight is 414 g/mol. The van der Waals surface area contributed by atoms with E-state index in [-0.39, 0.29) is 0 Å². The number of hydrogen-bond acceptors (Lipinski definition) is 5. The number of rotatable bonds is 6. The van der Waals surface area contributed by atoms with Gasteiger partial charge in [0.05, 0.1) is 0 Å². The number of benzene rings is 1. The van der Waals surface area contributed by atoms with E-state index in [1.807, 2.05) is 5.38 Å². The molecule has 0 bridgehead atoms. The van der Waals surface area contributed by atoms with Crippen molar-refractivity contribution < 1.29 is 9.53 Å². The van der Waals surface area contributed by atoms with Crippen molar-refractivity contribution in [3.8, 4) is 5.19 Å². The predicted molar refractivity (Wildman–Crippen MR) is 116 cm³/mol. The lowest BCUT2D eigenvalue weighted by atomic mass is 9.98. The van der Waals surface area contributed by atoms with Gasteiger partial charge in [0.25, 0.3) is 5.19 Å². The first-order valence-electron chi connectivity index (χ1n) is 10.8. The van der Waals surface area contributed by atoms with E-state index in [0.29, 0.717) is 24.5 Å². The molecule has 29 heavy (non-hydrogen) atoms. The third-order valence-corrected chi connectivity index (χ3v) is 6.86. The molecule has 2 aromatic rings. The summed E-state index contributed by atoms with van der Waals surface area (Å²) in [5.74, 6) is 0.306. The van der Waals surface area contributed by atoms with E-state index in [1.165, 1.54) is 11.1 Å². The Balaban J connectivity index is 1.17. The fraction of sp³-hybridized carbons (Fsp3) is 0.565. The number of amides is 1. The molecule has 0 aliphatic carbocycles. The lowest BCUT2D eigenvalue weighted by Crippen LogP contribution is -2.50. The summed E-state index contributed by atoms with van der Waals surface area (Å²) in [6, 6.07) is 9.09. The summed E-state index contributed by atoms with van der Waals surface area (Å²) in [6.07, 6.45) is 7.86. The SMILES string of the molecule is Cc1cccc(CCC(=O)N2CCC(N3CCC(Oc4nccs4)CC3)CC2)c1. The summed E-state index contributed by atoms with van der Waals surface area (Å²) >= 11 is 1.57. The van der Waals surface area contributed by atoms with Gasteiger partial charge in [-0.3, -0.25) is 9.69 Å². The summed E-state index contributed by atoms with van der Waals surface area (Å²) in [6.45, 7) is 6.06. The molecule has 0 saturated carbocycles. The van der Waals surface area contributed by atoms with E-state index in [2.05, 4.69) is 46.0 Å². The summed E-state index contributed by atoms with van der Waals surface area (Å²) in [5, 5.41) is 2.75. The maximum Gasteiger partial charge on any atom is 0.273 e. The Bertz CT molecular complexity index is 779. The molecule has 2 fully saturated rings. The molecule has 1 aromatic carbocycles.